The van der Waals surface area contributed by atoms with Crippen molar-refractivity contribution in [2.24, 2.45) is 0 Å². The third kappa shape index (κ3) is 5.98. The number of morpholine rings is 1. The molecular formula is C17H29N5O4. The van der Waals surface area contributed by atoms with Gasteiger partial charge in [-0.05, 0) is 41.5 Å². The molecule has 1 N–H and O–H groups in total. The number of amides is 2. The lowest BCUT2D eigenvalue weighted by Crippen LogP contribution is -2.46. The lowest BCUT2D eigenvalue weighted by molar-refractivity contribution is -0.123. The highest BCUT2D eigenvalue weighted by Gasteiger charge is 2.34. The average molecular weight is 367 g/mol. The molecule has 0 aliphatic carbocycles. The van der Waals surface area contributed by atoms with Crippen LogP contribution in [0.1, 0.15) is 53.4 Å². The summed E-state index contributed by atoms with van der Waals surface area (Å²) in [5.74, 6) is 0.275. The molecule has 1 fully saturated rings. The van der Waals surface area contributed by atoms with E-state index in [4.69, 9.17) is 9.47 Å². The van der Waals surface area contributed by atoms with Crippen LogP contribution < -0.4 is 5.32 Å². The largest absolute Gasteiger partial charge is 0.444 e. The Kier molecular flexibility index (Phi) is 5.90. The molecule has 0 saturated carbocycles. The maximum Gasteiger partial charge on any atom is 0.411 e. The molecule has 1 aromatic rings. The molecule has 1 aromatic heterocycles. The zero-order valence-corrected chi connectivity index (χ0v) is 16.4. The molecule has 1 saturated heterocycles. The molecule has 1 aliphatic rings. The highest BCUT2D eigenvalue weighted by Crippen LogP contribution is 2.23. The Morgan fingerprint density at radius 3 is 2.62 bits per heavy atom. The maximum absolute atomic E-state index is 12.5. The lowest BCUT2D eigenvalue weighted by Gasteiger charge is -2.35. The van der Waals surface area contributed by atoms with Gasteiger partial charge in [0.05, 0.1) is 13.2 Å². The molecule has 1 atom stereocenters. The van der Waals surface area contributed by atoms with E-state index in [1.54, 1.807) is 4.90 Å². The van der Waals surface area contributed by atoms with Crippen LogP contribution in [0.15, 0.2) is 6.33 Å². The molecule has 0 unspecified atom stereocenters. The fraction of sp³-hybridized carbons (Fsp3) is 0.765. The molecule has 0 spiro atoms. The predicted octanol–water partition coefficient (Wildman–Crippen LogP) is 1.50. The first-order chi connectivity index (χ1) is 11.9. The van der Waals surface area contributed by atoms with E-state index in [2.05, 4.69) is 15.4 Å². The number of hydrogen-bond acceptors (Lipinski definition) is 6. The fourth-order valence-electron chi connectivity index (χ4n) is 2.50. The van der Waals surface area contributed by atoms with Gasteiger partial charge in [-0.1, -0.05) is 0 Å². The van der Waals surface area contributed by atoms with Crippen molar-refractivity contribution >= 4 is 12.0 Å². The number of hydrogen-bond donors (Lipinski definition) is 1. The molecule has 1 aliphatic heterocycles. The van der Waals surface area contributed by atoms with Gasteiger partial charge in [-0.3, -0.25) is 9.69 Å². The molecule has 2 rings (SSSR count). The first kappa shape index (κ1) is 20.2. The number of carbonyl (C=O) groups excluding carboxylic acids is 2. The van der Waals surface area contributed by atoms with Gasteiger partial charge < -0.3 is 14.8 Å². The van der Waals surface area contributed by atoms with Crippen LogP contribution in [0.4, 0.5) is 4.79 Å². The Labute approximate surface area is 154 Å². The van der Waals surface area contributed by atoms with Crippen LogP contribution in [-0.2, 0) is 20.8 Å². The summed E-state index contributed by atoms with van der Waals surface area (Å²) in [4.78, 5) is 30.3. The van der Waals surface area contributed by atoms with Crippen molar-refractivity contribution in [1.82, 2.24) is 25.0 Å². The SMILES string of the molecule is CC(C)(C)NC(=O)Cn1cnc([C@H]2COCCN2C(=O)OC(C)(C)C)n1. The van der Waals surface area contributed by atoms with Crippen LogP contribution in [0, 0.1) is 0 Å². The van der Waals surface area contributed by atoms with Crippen LogP contribution in [0.5, 0.6) is 0 Å². The van der Waals surface area contributed by atoms with Gasteiger partial charge in [0.15, 0.2) is 5.82 Å². The monoisotopic (exact) mass is 367 g/mol. The number of carbonyl (C=O) groups is 2. The van der Waals surface area contributed by atoms with Crippen LogP contribution in [0.2, 0.25) is 0 Å². The van der Waals surface area contributed by atoms with Gasteiger partial charge in [0.25, 0.3) is 0 Å². The number of aromatic nitrogens is 3. The van der Waals surface area contributed by atoms with E-state index in [1.807, 2.05) is 41.5 Å². The van der Waals surface area contributed by atoms with Gasteiger partial charge in [0.2, 0.25) is 5.91 Å². The second-order valence-corrected chi connectivity index (χ2v) is 8.36. The molecule has 26 heavy (non-hydrogen) atoms. The van der Waals surface area contributed by atoms with Crippen molar-refractivity contribution in [1.29, 1.82) is 0 Å². The van der Waals surface area contributed by atoms with Gasteiger partial charge in [-0.2, -0.15) is 5.10 Å². The molecule has 9 nitrogen and oxygen atoms in total. The summed E-state index contributed by atoms with van der Waals surface area (Å²) in [6.07, 6.45) is 1.06. The molecule has 0 aromatic carbocycles. The van der Waals surface area contributed by atoms with Crippen molar-refractivity contribution in [3.63, 3.8) is 0 Å². The minimum atomic E-state index is -0.586. The molecule has 9 heteroatoms. The van der Waals surface area contributed by atoms with E-state index in [0.29, 0.717) is 19.0 Å². The summed E-state index contributed by atoms with van der Waals surface area (Å²) in [7, 11) is 0. The predicted molar refractivity (Wildman–Crippen MR) is 94.4 cm³/mol. The van der Waals surface area contributed by atoms with Gasteiger partial charge in [-0.25, -0.2) is 14.5 Å². The van der Waals surface area contributed by atoms with Crippen molar-refractivity contribution in [3.8, 4) is 0 Å². The first-order valence-electron chi connectivity index (χ1n) is 8.72. The van der Waals surface area contributed by atoms with Crippen LogP contribution in [0.3, 0.4) is 0 Å². The first-order valence-corrected chi connectivity index (χ1v) is 8.72. The standard InChI is InChI=1S/C17H29N5O4/c1-16(2,3)19-13(23)9-21-11-18-14(20-21)12-10-25-8-7-22(12)15(24)26-17(4,5)6/h11-12H,7-10H2,1-6H3,(H,19,23)/t12-/m1/s1. The van der Waals surface area contributed by atoms with Gasteiger partial charge >= 0.3 is 6.09 Å². The van der Waals surface area contributed by atoms with Crippen molar-refractivity contribution in [3.05, 3.63) is 12.2 Å². The van der Waals surface area contributed by atoms with Crippen molar-refractivity contribution < 1.29 is 19.1 Å². The number of nitrogens with zero attached hydrogens (tertiary/aromatic N) is 4. The normalized spacial score (nSPS) is 18.5. The molecular weight excluding hydrogens is 338 g/mol. The van der Waals surface area contributed by atoms with E-state index >= 15 is 0 Å². The zero-order chi connectivity index (χ0) is 19.5. The van der Waals surface area contributed by atoms with Crippen molar-refractivity contribution in [2.45, 2.75) is 65.3 Å². The molecule has 146 valence electrons. The van der Waals surface area contributed by atoms with Crippen molar-refractivity contribution in [2.75, 3.05) is 19.8 Å². The second kappa shape index (κ2) is 7.61. The summed E-state index contributed by atoms with van der Waals surface area (Å²) < 4.78 is 12.4. The Balaban J connectivity index is 2.07. The summed E-state index contributed by atoms with van der Waals surface area (Å²) in [5.41, 5.74) is -0.900. The fourth-order valence-corrected chi connectivity index (χ4v) is 2.50. The van der Waals surface area contributed by atoms with E-state index in [-0.39, 0.29) is 24.6 Å². The second-order valence-electron chi connectivity index (χ2n) is 8.36. The van der Waals surface area contributed by atoms with E-state index in [9.17, 15) is 9.59 Å². The molecule has 0 bridgehead atoms. The summed E-state index contributed by atoms with van der Waals surface area (Å²) in [6.45, 7) is 12.4. The zero-order valence-electron chi connectivity index (χ0n) is 16.4. The maximum atomic E-state index is 12.5. The van der Waals surface area contributed by atoms with E-state index < -0.39 is 17.7 Å². The Hall–Kier alpha value is -2.16. The van der Waals surface area contributed by atoms with E-state index in [0.717, 1.165) is 0 Å². The van der Waals surface area contributed by atoms with Gasteiger partial charge in [-0.15, -0.1) is 0 Å². The number of nitrogens with one attached hydrogen (secondary N) is 1. The minimum absolute atomic E-state index is 0.0598. The number of rotatable bonds is 3. The third-order valence-corrected chi connectivity index (χ3v) is 3.43. The number of ether oxygens (including phenoxy) is 2. The smallest absolute Gasteiger partial charge is 0.411 e. The quantitative estimate of drug-likeness (QED) is 0.869. The summed E-state index contributed by atoms with van der Waals surface area (Å²) >= 11 is 0. The molecule has 2 heterocycles. The molecule has 0 radical (unpaired) electrons. The highest BCUT2D eigenvalue weighted by molar-refractivity contribution is 5.76. The van der Waals surface area contributed by atoms with Gasteiger partial charge in [0.1, 0.15) is 24.5 Å². The molecule has 2 amide bonds. The van der Waals surface area contributed by atoms with Gasteiger partial charge in [0, 0.05) is 12.1 Å². The Morgan fingerprint density at radius 1 is 1.31 bits per heavy atom. The minimum Gasteiger partial charge on any atom is -0.444 e. The summed E-state index contributed by atoms with van der Waals surface area (Å²) in [6, 6.07) is -0.439. The van der Waals surface area contributed by atoms with Crippen LogP contribution >= 0.6 is 0 Å². The lowest BCUT2D eigenvalue weighted by atomic mass is 10.1. The topological polar surface area (TPSA) is 98.6 Å². The Bertz CT molecular complexity index is 644. The van der Waals surface area contributed by atoms with E-state index in [1.165, 1.54) is 11.0 Å². The van der Waals surface area contributed by atoms with Crippen LogP contribution in [0.25, 0.3) is 0 Å². The Morgan fingerprint density at radius 2 is 2.00 bits per heavy atom. The summed E-state index contributed by atoms with van der Waals surface area (Å²) in [5, 5.41) is 7.22. The third-order valence-electron chi connectivity index (χ3n) is 3.43. The average Bonchev–Trinajstić information content (AvgIpc) is 2.91. The van der Waals surface area contributed by atoms with Crippen LogP contribution in [-0.4, -0.2) is 62.6 Å². The highest BCUT2D eigenvalue weighted by atomic mass is 16.6.